The molecule has 0 radical (unpaired) electrons. The van der Waals surface area contributed by atoms with E-state index >= 15 is 0 Å². The van der Waals surface area contributed by atoms with Crippen LogP contribution >= 0.6 is 0 Å². The summed E-state index contributed by atoms with van der Waals surface area (Å²) in [5, 5.41) is 16.0. The third-order valence-corrected chi connectivity index (χ3v) is 4.10. The first-order chi connectivity index (χ1) is 8.16. The molecule has 0 bridgehead atoms. The van der Waals surface area contributed by atoms with Gasteiger partial charge < -0.3 is 15.7 Å². The Bertz CT molecular complexity index is 264. The minimum Gasteiger partial charge on any atom is -0.393 e. The third-order valence-electron chi connectivity index (χ3n) is 4.10. The Morgan fingerprint density at radius 1 is 1.29 bits per heavy atom. The molecule has 0 spiro atoms. The van der Waals surface area contributed by atoms with Crippen LogP contribution in [0.3, 0.4) is 0 Å². The second-order valence-electron chi connectivity index (χ2n) is 5.57. The van der Waals surface area contributed by atoms with E-state index in [9.17, 15) is 9.90 Å². The fraction of sp³-hybridized carbons (Fsp3) is 0.923. The fourth-order valence-electron chi connectivity index (χ4n) is 2.89. The Hall–Kier alpha value is -0.610. The maximum absolute atomic E-state index is 12.0. The number of rotatable bonds is 2. The van der Waals surface area contributed by atoms with E-state index in [1.54, 1.807) is 0 Å². The Labute approximate surface area is 103 Å². The third kappa shape index (κ3) is 3.42. The van der Waals surface area contributed by atoms with Gasteiger partial charge in [-0.25, -0.2) is 0 Å². The van der Waals surface area contributed by atoms with Crippen molar-refractivity contribution in [3.05, 3.63) is 0 Å². The summed E-state index contributed by atoms with van der Waals surface area (Å²) in [6, 6.07) is 0.260. The normalized spacial score (nSPS) is 38.7. The van der Waals surface area contributed by atoms with Crippen molar-refractivity contribution in [1.82, 2.24) is 10.6 Å². The van der Waals surface area contributed by atoms with Crippen LogP contribution in [0.4, 0.5) is 0 Å². The first kappa shape index (κ1) is 12.8. The summed E-state index contributed by atoms with van der Waals surface area (Å²) in [6.45, 7) is 3.01. The van der Waals surface area contributed by atoms with Crippen LogP contribution in [-0.4, -0.2) is 35.7 Å². The number of carbonyl (C=O) groups is 1. The molecule has 17 heavy (non-hydrogen) atoms. The molecule has 1 aliphatic carbocycles. The molecule has 0 unspecified atom stereocenters. The Kier molecular flexibility index (Phi) is 4.40. The molecule has 1 aliphatic heterocycles. The summed E-state index contributed by atoms with van der Waals surface area (Å²) in [6.07, 6.45) is 5.71. The molecule has 1 saturated heterocycles. The zero-order valence-corrected chi connectivity index (χ0v) is 10.6. The zero-order valence-electron chi connectivity index (χ0n) is 10.6. The lowest BCUT2D eigenvalue weighted by Gasteiger charge is -2.33. The Morgan fingerprint density at radius 3 is 2.76 bits per heavy atom. The second kappa shape index (κ2) is 5.83. The van der Waals surface area contributed by atoms with Gasteiger partial charge in [-0.1, -0.05) is 13.3 Å². The number of hydrogen-bond donors (Lipinski definition) is 3. The summed E-state index contributed by atoms with van der Waals surface area (Å²) < 4.78 is 0. The van der Waals surface area contributed by atoms with E-state index in [2.05, 4.69) is 17.6 Å². The van der Waals surface area contributed by atoms with E-state index in [0.29, 0.717) is 5.92 Å². The quantitative estimate of drug-likeness (QED) is 0.669. The Balaban J connectivity index is 1.78. The van der Waals surface area contributed by atoms with Crippen molar-refractivity contribution in [2.45, 2.75) is 63.6 Å². The van der Waals surface area contributed by atoms with E-state index in [1.807, 2.05) is 0 Å². The highest BCUT2D eigenvalue weighted by Gasteiger charge is 2.29. The topological polar surface area (TPSA) is 61.4 Å². The van der Waals surface area contributed by atoms with Crippen molar-refractivity contribution in [2.24, 2.45) is 5.92 Å². The summed E-state index contributed by atoms with van der Waals surface area (Å²) in [7, 11) is 0. The molecular formula is C13H24N2O2. The number of piperidine rings is 1. The SMILES string of the molecule is C[C@@H]1C[C@@H](NC(=O)[C@H]2CCCCN2)CC[C@H]1O. The maximum Gasteiger partial charge on any atom is 0.237 e. The Morgan fingerprint density at radius 2 is 2.12 bits per heavy atom. The fourth-order valence-corrected chi connectivity index (χ4v) is 2.89. The monoisotopic (exact) mass is 240 g/mol. The second-order valence-corrected chi connectivity index (χ2v) is 5.57. The number of nitrogens with one attached hydrogen (secondary N) is 2. The van der Waals surface area contributed by atoms with E-state index in [4.69, 9.17) is 0 Å². The molecule has 0 aromatic heterocycles. The lowest BCUT2D eigenvalue weighted by atomic mass is 9.84. The molecule has 1 amide bonds. The highest BCUT2D eigenvalue weighted by atomic mass is 16.3. The van der Waals surface area contributed by atoms with Crippen molar-refractivity contribution >= 4 is 5.91 Å². The van der Waals surface area contributed by atoms with Gasteiger partial charge in [-0.05, 0) is 44.6 Å². The number of hydrogen-bond acceptors (Lipinski definition) is 3. The van der Waals surface area contributed by atoms with E-state index < -0.39 is 0 Å². The predicted octanol–water partition coefficient (Wildman–Crippen LogP) is 0.794. The van der Waals surface area contributed by atoms with Gasteiger partial charge in [0.1, 0.15) is 0 Å². The molecule has 3 N–H and O–H groups in total. The average molecular weight is 240 g/mol. The van der Waals surface area contributed by atoms with Crippen LogP contribution in [0.25, 0.3) is 0 Å². The van der Waals surface area contributed by atoms with Gasteiger partial charge in [-0.3, -0.25) is 4.79 Å². The van der Waals surface area contributed by atoms with Gasteiger partial charge in [0.05, 0.1) is 12.1 Å². The van der Waals surface area contributed by atoms with Crippen LogP contribution < -0.4 is 10.6 Å². The molecule has 1 saturated carbocycles. The number of carbonyl (C=O) groups excluding carboxylic acids is 1. The molecular weight excluding hydrogens is 216 g/mol. The molecule has 0 aromatic rings. The molecule has 4 heteroatoms. The smallest absolute Gasteiger partial charge is 0.237 e. The molecule has 4 atom stereocenters. The first-order valence-electron chi connectivity index (χ1n) is 6.88. The summed E-state index contributed by atoms with van der Waals surface area (Å²) in [5.41, 5.74) is 0. The van der Waals surface area contributed by atoms with Gasteiger partial charge in [0.15, 0.2) is 0 Å². The number of amides is 1. The average Bonchev–Trinajstić information content (AvgIpc) is 2.35. The van der Waals surface area contributed by atoms with Crippen molar-refractivity contribution < 1.29 is 9.90 Å². The molecule has 4 nitrogen and oxygen atoms in total. The highest BCUT2D eigenvalue weighted by molar-refractivity contribution is 5.82. The maximum atomic E-state index is 12.0. The summed E-state index contributed by atoms with van der Waals surface area (Å²) >= 11 is 0. The molecule has 98 valence electrons. The van der Waals surface area contributed by atoms with Gasteiger partial charge in [0, 0.05) is 6.04 Å². The van der Waals surface area contributed by atoms with Gasteiger partial charge in [0.25, 0.3) is 0 Å². The van der Waals surface area contributed by atoms with Crippen molar-refractivity contribution in [3.8, 4) is 0 Å². The minimum atomic E-state index is -0.184. The summed E-state index contributed by atoms with van der Waals surface area (Å²) in [5.74, 6) is 0.451. The lowest BCUT2D eigenvalue weighted by Crippen LogP contribution is -2.51. The van der Waals surface area contributed by atoms with E-state index in [0.717, 1.165) is 38.6 Å². The highest BCUT2D eigenvalue weighted by Crippen LogP contribution is 2.24. The molecule has 2 fully saturated rings. The van der Waals surface area contributed by atoms with Crippen molar-refractivity contribution in [2.75, 3.05) is 6.54 Å². The van der Waals surface area contributed by atoms with Crippen LogP contribution in [0.2, 0.25) is 0 Å². The van der Waals surface area contributed by atoms with Crippen LogP contribution in [0.1, 0.15) is 45.4 Å². The van der Waals surface area contributed by atoms with Gasteiger partial charge in [-0.2, -0.15) is 0 Å². The molecule has 2 rings (SSSR count). The minimum absolute atomic E-state index is 0.00547. The summed E-state index contributed by atoms with van der Waals surface area (Å²) in [4.78, 5) is 12.0. The lowest BCUT2D eigenvalue weighted by molar-refractivity contribution is -0.125. The van der Waals surface area contributed by atoms with Gasteiger partial charge >= 0.3 is 0 Å². The van der Waals surface area contributed by atoms with Gasteiger partial charge in [-0.15, -0.1) is 0 Å². The van der Waals surface area contributed by atoms with E-state index in [-0.39, 0.29) is 24.1 Å². The van der Waals surface area contributed by atoms with Crippen LogP contribution in [-0.2, 0) is 4.79 Å². The van der Waals surface area contributed by atoms with Crippen LogP contribution in [0.5, 0.6) is 0 Å². The standard InChI is InChI=1S/C13H24N2O2/c1-9-8-10(5-6-12(9)16)15-13(17)11-4-2-3-7-14-11/h9-12,14,16H,2-8H2,1H3,(H,15,17)/t9-,10+,11-,12-/m1/s1. The predicted molar refractivity (Wildman–Crippen MR) is 66.6 cm³/mol. The van der Waals surface area contributed by atoms with Crippen molar-refractivity contribution in [1.29, 1.82) is 0 Å². The zero-order chi connectivity index (χ0) is 12.3. The van der Waals surface area contributed by atoms with Crippen LogP contribution in [0.15, 0.2) is 0 Å². The largest absolute Gasteiger partial charge is 0.393 e. The number of aliphatic hydroxyl groups is 1. The molecule has 1 heterocycles. The van der Waals surface area contributed by atoms with Crippen molar-refractivity contribution in [3.63, 3.8) is 0 Å². The number of aliphatic hydroxyl groups excluding tert-OH is 1. The molecule has 0 aromatic carbocycles. The van der Waals surface area contributed by atoms with Crippen LogP contribution in [0, 0.1) is 5.92 Å². The molecule has 2 aliphatic rings. The first-order valence-corrected chi connectivity index (χ1v) is 6.88. The van der Waals surface area contributed by atoms with E-state index in [1.165, 1.54) is 6.42 Å². The van der Waals surface area contributed by atoms with Gasteiger partial charge in [0.2, 0.25) is 5.91 Å².